The number of nitrogens with one attached hydrogen (secondary N) is 2. The Hall–Kier alpha value is -3.52. The van der Waals surface area contributed by atoms with E-state index in [0.717, 1.165) is 22.7 Å². The van der Waals surface area contributed by atoms with Crippen molar-refractivity contribution in [2.24, 2.45) is 0 Å². The molecule has 5 aliphatic heterocycles. The molecule has 270 valence electrons. The molecule has 10 nitrogen and oxygen atoms in total. The van der Waals surface area contributed by atoms with E-state index < -0.39 is 23.3 Å². The average Bonchev–Trinajstić information content (AvgIpc) is 3.68. The van der Waals surface area contributed by atoms with Crippen molar-refractivity contribution in [1.29, 1.82) is 0 Å². The maximum Gasteiger partial charge on any atom is 0.253 e. The third-order valence-electron chi connectivity index (χ3n) is 11.5. The Morgan fingerprint density at radius 2 is 1.64 bits per heavy atom. The molecule has 2 atom stereocenters. The molecule has 1 saturated carbocycles. The van der Waals surface area contributed by atoms with E-state index in [0.29, 0.717) is 56.5 Å². The maximum absolute atomic E-state index is 14.4. The minimum Gasteiger partial charge on any atom is -0.350 e. The zero-order valence-corrected chi connectivity index (χ0v) is 29.2. The SMILES string of the molecule is Cc1sc2nc1CC(=O)NC1(CCN(C(=O)c3ccc(F)cc3)CC1)CC(=O)N1C[C@@H](NC3CCC(F)(F)CC3)C[C@H]1C(=O)N1CCC2CC1. The summed E-state index contributed by atoms with van der Waals surface area (Å²) < 4.78 is 41.3. The molecule has 1 aromatic carbocycles. The summed E-state index contributed by atoms with van der Waals surface area (Å²) in [7, 11) is 0. The second-order valence-corrected chi connectivity index (χ2v) is 16.2. The average molecular weight is 715 g/mol. The van der Waals surface area contributed by atoms with E-state index >= 15 is 0 Å². The minimum atomic E-state index is -2.65. The Labute approximate surface area is 294 Å². The number of amides is 4. The van der Waals surface area contributed by atoms with E-state index in [1.54, 1.807) is 21.1 Å². The molecule has 4 amide bonds. The van der Waals surface area contributed by atoms with Crippen molar-refractivity contribution in [2.75, 3.05) is 32.7 Å². The van der Waals surface area contributed by atoms with Gasteiger partial charge in [0.05, 0.1) is 29.1 Å². The number of aryl methyl sites for hydroxylation is 1. The Kier molecular flexibility index (Phi) is 9.70. The highest BCUT2D eigenvalue weighted by Gasteiger charge is 2.47. The van der Waals surface area contributed by atoms with Gasteiger partial charge in [-0.05, 0) is 76.1 Å². The Morgan fingerprint density at radius 3 is 2.32 bits per heavy atom. The number of hydrogen-bond acceptors (Lipinski definition) is 7. The number of likely N-dealkylation sites (tertiary alicyclic amines) is 1. The van der Waals surface area contributed by atoms with Gasteiger partial charge >= 0.3 is 0 Å². The molecule has 8 rings (SSSR count). The van der Waals surface area contributed by atoms with Gasteiger partial charge < -0.3 is 25.3 Å². The molecule has 1 aromatic heterocycles. The number of fused-ring (bicyclic) bond motifs is 5. The van der Waals surface area contributed by atoms with Gasteiger partial charge in [-0.3, -0.25) is 19.2 Å². The fraction of sp³-hybridized carbons (Fsp3) is 0.639. The van der Waals surface area contributed by atoms with E-state index in [-0.39, 0.29) is 86.9 Å². The lowest BCUT2D eigenvalue weighted by molar-refractivity contribution is -0.145. The van der Waals surface area contributed by atoms with Crippen LogP contribution in [0.4, 0.5) is 13.2 Å². The van der Waals surface area contributed by atoms with Crippen LogP contribution in [0.15, 0.2) is 24.3 Å². The Bertz CT molecular complexity index is 1610. The first-order valence-electron chi connectivity index (χ1n) is 17.9. The maximum atomic E-state index is 14.4. The summed E-state index contributed by atoms with van der Waals surface area (Å²) in [5.74, 6) is -3.76. The van der Waals surface area contributed by atoms with Crippen molar-refractivity contribution in [1.82, 2.24) is 30.3 Å². The van der Waals surface area contributed by atoms with Crippen LogP contribution >= 0.6 is 11.3 Å². The normalized spacial score (nSPS) is 26.4. The van der Waals surface area contributed by atoms with Gasteiger partial charge in [-0.25, -0.2) is 18.2 Å². The number of thiazole rings is 1. The summed E-state index contributed by atoms with van der Waals surface area (Å²) >= 11 is 1.60. The Balaban J connectivity index is 1.14. The van der Waals surface area contributed by atoms with Crippen molar-refractivity contribution >= 4 is 35.0 Å². The number of carbonyl (C=O) groups is 4. The predicted octanol–water partition coefficient (Wildman–Crippen LogP) is 4.17. The van der Waals surface area contributed by atoms with Crippen LogP contribution in [-0.4, -0.2) is 106 Å². The van der Waals surface area contributed by atoms with Crippen LogP contribution in [-0.2, 0) is 20.8 Å². The third kappa shape index (κ3) is 7.42. The van der Waals surface area contributed by atoms with Crippen molar-refractivity contribution in [2.45, 2.75) is 113 Å². The third-order valence-corrected chi connectivity index (χ3v) is 12.7. The minimum absolute atomic E-state index is 0.0488. The summed E-state index contributed by atoms with van der Waals surface area (Å²) in [6.07, 6.45) is 2.87. The topological polar surface area (TPSA) is 115 Å². The number of rotatable bonds is 3. The monoisotopic (exact) mass is 714 g/mol. The van der Waals surface area contributed by atoms with Crippen molar-refractivity contribution in [3.63, 3.8) is 0 Å². The van der Waals surface area contributed by atoms with Crippen LogP contribution < -0.4 is 10.6 Å². The predicted molar refractivity (Wildman–Crippen MR) is 180 cm³/mol. The molecule has 6 heterocycles. The van der Waals surface area contributed by atoms with E-state index in [2.05, 4.69) is 10.6 Å². The van der Waals surface area contributed by atoms with Crippen molar-refractivity contribution < 1.29 is 32.3 Å². The van der Waals surface area contributed by atoms with Crippen molar-refractivity contribution in [3.8, 4) is 0 Å². The second-order valence-electron chi connectivity index (χ2n) is 14.9. The number of benzene rings is 1. The highest BCUT2D eigenvalue weighted by molar-refractivity contribution is 7.11. The number of aromatic nitrogens is 1. The first-order chi connectivity index (χ1) is 23.9. The number of carbonyl (C=O) groups excluding carboxylic acids is 4. The second kappa shape index (κ2) is 13.9. The molecule has 2 N–H and O–H groups in total. The van der Waals surface area contributed by atoms with Crippen LogP contribution in [0.2, 0.25) is 0 Å². The molecule has 4 fully saturated rings. The number of alkyl halides is 2. The van der Waals surface area contributed by atoms with Crippen LogP contribution in [0, 0.1) is 12.7 Å². The first kappa shape index (κ1) is 34.9. The number of piperidine rings is 2. The van der Waals surface area contributed by atoms with Crippen LogP contribution in [0.3, 0.4) is 0 Å². The van der Waals surface area contributed by atoms with Gasteiger partial charge in [0.1, 0.15) is 11.9 Å². The number of hydrogen-bond donors (Lipinski definition) is 2. The van der Waals surface area contributed by atoms with E-state index in [4.69, 9.17) is 4.98 Å². The molecule has 4 bridgehead atoms. The molecule has 6 aliphatic rings. The summed E-state index contributed by atoms with van der Waals surface area (Å²) in [4.78, 5) is 66.6. The highest BCUT2D eigenvalue weighted by atomic mass is 32.1. The lowest BCUT2D eigenvalue weighted by Gasteiger charge is -2.43. The van der Waals surface area contributed by atoms with Gasteiger partial charge in [-0.1, -0.05) is 0 Å². The molecule has 0 radical (unpaired) electrons. The van der Waals surface area contributed by atoms with Gasteiger partial charge in [-0.2, -0.15) is 0 Å². The number of nitrogens with zero attached hydrogens (tertiary/aromatic N) is 4. The largest absolute Gasteiger partial charge is 0.350 e. The fourth-order valence-corrected chi connectivity index (χ4v) is 9.60. The lowest BCUT2D eigenvalue weighted by atomic mass is 9.83. The van der Waals surface area contributed by atoms with Crippen molar-refractivity contribution in [3.05, 3.63) is 51.2 Å². The first-order valence-corrected chi connectivity index (χ1v) is 18.7. The van der Waals surface area contributed by atoms with E-state index in [1.807, 2.05) is 11.8 Å². The van der Waals surface area contributed by atoms with E-state index in [9.17, 15) is 32.3 Å². The molecule has 1 aliphatic carbocycles. The summed E-state index contributed by atoms with van der Waals surface area (Å²) in [5.41, 5.74) is 0.107. The zero-order valence-electron chi connectivity index (χ0n) is 28.4. The fourth-order valence-electron chi connectivity index (χ4n) is 8.50. The number of halogens is 3. The van der Waals surface area contributed by atoms with Gasteiger partial charge in [0.15, 0.2) is 0 Å². The molecule has 2 aromatic rings. The van der Waals surface area contributed by atoms with Crippen LogP contribution in [0.1, 0.15) is 96.1 Å². The summed E-state index contributed by atoms with van der Waals surface area (Å²) in [6, 6.07) is 4.35. The molecular weight excluding hydrogens is 669 g/mol. The standard InChI is InChI=1S/C36H45F3N6O4S/c1-22-28-19-30(46)42-35(12-16-44(17-13-35)33(48)24-2-4-25(37)5-3-24)20-31(47)45-21-27(40-26-6-10-36(38,39)11-7-26)18-29(45)34(49)43-14-8-23(9-15-43)32(41-28)50-22/h2-5,23,26-27,29,40H,6-21H2,1H3,(H,42,46)/t27-,29-/m0/s1. The van der Waals surface area contributed by atoms with Gasteiger partial charge in [0.2, 0.25) is 23.6 Å². The molecule has 3 saturated heterocycles. The molecule has 0 unspecified atom stereocenters. The highest BCUT2D eigenvalue weighted by Crippen LogP contribution is 2.37. The zero-order chi connectivity index (χ0) is 35.2. The molecule has 14 heteroatoms. The summed E-state index contributed by atoms with van der Waals surface area (Å²) in [6.45, 7) is 3.89. The molecular formula is C36H45F3N6O4S. The van der Waals surface area contributed by atoms with E-state index in [1.165, 1.54) is 24.3 Å². The summed E-state index contributed by atoms with van der Waals surface area (Å²) in [5, 5.41) is 7.68. The van der Waals surface area contributed by atoms with Gasteiger partial charge in [0.25, 0.3) is 5.91 Å². The van der Waals surface area contributed by atoms with Crippen LogP contribution in [0.25, 0.3) is 0 Å². The van der Waals surface area contributed by atoms with Gasteiger partial charge in [0, 0.05) is 74.0 Å². The molecule has 50 heavy (non-hydrogen) atoms. The smallest absolute Gasteiger partial charge is 0.253 e. The van der Waals surface area contributed by atoms with Gasteiger partial charge in [-0.15, -0.1) is 11.3 Å². The lowest BCUT2D eigenvalue weighted by Crippen LogP contribution is -2.59. The molecule has 1 spiro atoms. The Morgan fingerprint density at radius 1 is 0.960 bits per heavy atom. The quantitative estimate of drug-likeness (QED) is 0.494. The van der Waals surface area contributed by atoms with Crippen LogP contribution in [0.5, 0.6) is 0 Å².